The minimum Gasteiger partial charge on any atom is -0.504 e. The lowest BCUT2D eigenvalue weighted by Gasteiger charge is -2.39. The van der Waals surface area contributed by atoms with Crippen LogP contribution in [0.15, 0.2) is 39.7 Å². The Bertz CT molecular complexity index is 1300. The zero-order chi connectivity index (χ0) is 24.1. The van der Waals surface area contributed by atoms with E-state index in [0.717, 1.165) is 0 Å². The first-order valence-corrected chi connectivity index (χ1v) is 10.2. The number of hydrogen-bond donors (Lipinski definition) is 6. The number of aliphatic hydroxyl groups excluding tert-OH is 4. The van der Waals surface area contributed by atoms with Gasteiger partial charge in [0.1, 0.15) is 41.6 Å². The molecule has 1 aromatic heterocycles. The molecule has 12 heteroatoms. The van der Waals surface area contributed by atoms with Gasteiger partial charge >= 0.3 is 0 Å². The zero-order valence-corrected chi connectivity index (χ0v) is 17.3. The zero-order valence-electron chi connectivity index (χ0n) is 17.3. The van der Waals surface area contributed by atoms with Crippen molar-refractivity contribution in [3.05, 3.63) is 40.8 Å². The second kappa shape index (κ2) is 8.34. The largest absolute Gasteiger partial charge is 0.504 e. The monoisotopic (exact) mass is 476 g/mol. The van der Waals surface area contributed by atoms with Crippen molar-refractivity contribution < 1.29 is 54.0 Å². The summed E-state index contributed by atoms with van der Waals surface area (Å²) in [6, 6.07) is 5.33. The molecule has 1 fully saturated rings. The third kappa shape index (κ3) is 3.48. The van der Waals surface area contributed by atoms with Crippen LogP contribution in [0.3, 0.4) is 0 Å². The van der Waals surface area contributed by atoms with Crippen LogP contribution in [0, 0.1) is 0 Å². The fraction of sp³-hybridized carbons (Fsp3) is 0.318. The average Bonchev–Trinajstić information content (AvgIpc) is 3.30. The second-order valence-electron chi connectivity index (χ2n) is 7.81. The van der Waals surface area contributed by atoms with E-state index >= 15 is 0 Å². The number of hydrogen-bond acceptors (Lipinski definition) is 12. The van der Waals surface area contributed by atoms with Crippen molar-refractivity contribution in [2.45, 2.75) is 30.7 Å². The average molecular weight is 476 g/mol. The van der Waals surface area contributed by atoms with Gasteiger partial charge in [-0.2, -0.15) is 0 Å². The van der Waals surface area contributed by atoms with Crippen LogP contribution in [-0.2, 0) is 4.74 Å². The molecule has 0 unspecified atom stereocenters. The van der Waals surface area contributed by atoms with Gasteiger partial charge in [0.05, 0.1) is 12.2 Å². The van der Waals surface area contributed by atoms with Gasteiger partial charge in [0, 0.05) is 6.07 Å². The molecule has 0 spiro atoms. The molecule has 2 aliphatic rings. The van der Waals surface area contributed by atoms with Crippen LogP contribution in [0.2, 0.25) is 0 Å². The van der Waals surface area contributed by atoms with E-state index in [1.165, 1.54) is 30.5 Å². The summed E-state index contributed by atoms with van der Waals surface area (Å²) in [7, 11) is 0. The molecule has 0 amide bonds. The van der Waals surface area contributed by atoms with Crippen molar-refractivity contribution in [2.75, 3.05) is 13.4 Å². The van der Waals surface area contributed by atoms with E-state index < -0.39 is 54.2 Å². The Morgan fingerprint density at radius 2 is 1.82 bits per heavy atom. The van der Waals surface area contributed by atoms with Gasteiger partial charge in [-0.3, -0.25) is 4.79 Å². The number of ether oxygens (including phenoxy) is 4. The Morgan fingerprint density at radius 3 is 2.56 bits per heavy atom. The highest BCUT2D eigenvalue weighted by molar-refractivity contribution is 5.91. The van der Waals surface area contributed by atoms with Gasteiger partial charge in [0.25, 0.3) is 0 Å². The molecule has 2 aromatic carbocycles. The number of aliphatic hydroxyl groups is 4. The van der Waals surface area contributed by atoms with Gasteiger partial charge in [-0.25, -0.2) is 0 Å². The van der Waals surface area contributed by atoms with Crippen LogP contribution < -0.4 is 19.6 Å². The summed E-state index contributed by atoms with van der Waals surface area (Å²) in [5, 5.41) is 60.0. The van der Waals surface area contributed by atoms with E-state index in [2.05, 4.69) is 0 Å². The molecule has 3 heterocycles. The number of fused-ring (bicyclic) bond motifs is 2. The molecule has 0 saturated carbocycles. The van der Waals surface area contributed by atoms with Gasteiger partial charge in [-0.15, -0.1) is 0 Å². The molecule has 6 N–H and O–H groups in total. The SMILES string of the molecule is O=c1c(-c2ccc(O[C@@H]3O[C@H](CO)[C@@H](O)[C@H](O)[C@H]3O)c(O)c2)coc2cc3c(c(O)c12)OCO3. The summed E-state index contributed by atoms with van der Waals surface area (Å²) < 4.78 is 26.6. The van der Waals surface area contributed by atoms with Gasteiger partial charge in [-0.1, -0.05) is 6.07 Å². The summed E-state index contributed by atoms with van der Waals surface area (Å²) in [4.78, 5) is 13.1. The predicted octanol–water partition coefficient (Wildman–Crippen LogP) is -0.221. The van der Waals surface area contributed by atoms with Crippen molar-refractivity contribution in [2.24, 2.45) is 0 Å². The molecule has 180 valence electrons. The van der Waals surface area contributed by atoms with Gasteiger partial charge in [0.15, 0.2) is 23.0 Å². The number of rotatable bonds is 4. The standard InChI is InChI=1S/C22H20O12/c23-5-14-17(26)19(28)20(29)22(34-14)33-11-2-1-8(3-10(11)24)9-6-30-12-4-13-21(32-7-31-13)18(27)15(12)16(9)25/h1-4,6,14,17,19-20,22-24,26-29H,5,7H2/t14-,17-,19+,20-,22-/m1/s1. The predicted molar refractivity (Wildman–Crippen MR) is 112 cm³/mol. The Labute approximate surface area is 190 Å². The lowest BCUT2D eigenvalue weighted by atomic mass is 9.99. The molecule has 0 bridgehead atoms. The molecule has 12 nitrogen and oxygen atoms in total. The van der Waals surface area contributed by atoms with Gasteiger partial charge in [0.2, 0.25) is 24.3 Å². The molecule has 34 heavy (non-hydrogen) atoms. The number of benzene rings is 2. The van der Waals surface area contributed by atoms with Crippen molar-refractivity contribution in [1.82, 2.24) is 0 Å². The van der Waals surface area contributed by atoms with E-state index in [4.69, 9.17) is 23.4 Å². The van der Waals surface area contributed by atoms with Crippen LogP contribution in [0.4, 0.5) is 0 Å². The third-order valence-electron chi connectivity index (χ3n) is 5.74. The first kappa shape index (κ1) is 22.3. The highest BCUT2D eigenvalue weighted by atomic mass is 16.7. The summed E-state index contributed by atoms with van der Waals surface area (Å²) in [5.74, 6) is -0.753. The molecule has 5 atom stereocenters. The van der Waals surface area contributed by atoms with Crippen LogP contribution in [0.25, 0.3) is 22.1 Å². The van der Waals surface area contributed by atoms with Crippen molar-refractivity contribution in [3.8, 4) is 39.9 Å². The Hall–Kier alpha value is -3.55. The minimum absolute atomic E-state index is 0.0244. The number of aromatic hydroxyl groups is 2. The van der Waals surface area contributed by atoms with Crippen LogP contribution in [0.5, 0.6) is 28.7 Å². The van der Waals surface area contributed by atoms with Gasteiger partial charge in [-0.05, 0) is 17.7 Å². The Balaban J connectivity index is 1.46. The highest BCUT2D eigenvalue weighted by Gasteiger charge is 2.45. The molecule has 3 aromatic rings. The number of phenols is 2. The smallest absolute Gasteiger partial charge is 0.231 e. The first-order chi connectivity index (χ1) is 16.3. The maximum absolute atomic E-state index is 13.1. The van der Waals surface area contributed by atoms with Crippen LogP contribution in [0.1, 0.15) is 0 Å². The lowest BCUT2D eigenvalue weighted by Crippen LogP contribution is -2.60. The molecular formula is C22H20O12. The molecule has 0 aliphatic carbocycles. The second-order valence-corrected chi connectivity index (χ2v) is 7.81. The fourth-order valence-electron chi connectivity index (χ4n) is 3.90. The van der Waals surface area contributed by atoms with E-state index in [1.807, 2.05) is 0 Å². The van der Waals surface area contributed by atoms with E-state index in [0.29, 0.717) is 0 Å². The quantitative estimate of drug-likeness (QED) is 0.291. The topological polar surface area (TPSA) is 189 Å². The lowest BCUT2D eigenvalue weighted by molar-refractivity contribution is -0.277. The van der Waals surface area contributed by atoms with E-state index in [1.54, 1.807) is 0 Å². The van der Waals surface area contributed by atoms with E-state index in [-0.39, 0.29) is 46.1 Å². The van der Waals surface area contributed by atoms with Crippen molar-refractivity contribution >= 4 is 11.0 Å². The maximum atomic E-state index is 13.1. The molecule has 5 rings (SSSR count). The third-order valence-corrected chi connectivity index (χ3v) is 5.74. The van der Waals surface area contributed by atoms with Crippen molar-refractivity contribution in [1.29, 1.82) is 0 Å². The number of phenolic OH excluding ortho intramolecular Hbond substituents is 2. The minimum atomic E-state index is -1.67. The first-order valence-electron chi connectivity index (χ1n) is 10.2. The van der Waals surface area contributed by atoms with E-state index in [9.17, 15) is 35.4 Å². The summed E-state index contributed by atoms with van der Waals surface area (Å²) in [6.07, 6.45) is -6.39. The maximum Gasteiger partial charge on any atom is 0.231 e. The Morgan fingerprint density at radius 1 is 1.03 bits per heavy atom. The highest BCUT2D eigenvalue weighted by Crippen LogP contribution is 2.45. The van der Waals surface area contributed by atoms with Crippen LogP contribution >= 0.6 is 0 Å². The molecule has 2 aliphatic heterocycles. The Kier molecular flexibility index (Phi) is 5.46. The van der Waals surface area contributed by atoms with Gasteiger partial charge < -0.3 is 54.0 Å². The summed E-state index contributed by atoms with van der Waals surface area (Å²) in [6.45, 7) is -0.745. The normalized spacial score (nSPS) is 26.1. The molecule has 0 radical (unpaired) electrons. The van der Waals surface area contributed by atoms with Crippen LogP contribution in [-0.4, -0.2) is 74.7 Å². The summed E-state index contributed by atoms with van der Waals surface area (Å²) >= 11 is 0. The molecular weight excluding hydrogens is 456 g/mol. The molecule has 1 saturated heterocycles. The van der Waals surface area contributed by atoms with Crippen molar-refractivity contribution in [3.63, 3.8) is 0 Å². The fourth-order valence-corrected chi connectivity index (χ4v) is 3.90. The summed E-state index contributed by atoms with van der Waals surface area (Å²) in [5.41, 5.74) is -0.246.